The number of nitrogens with zero attached hydrogens (tertiary/aromatic N) is 1. The highest BCUT2D eigenvalue weighted by Gasteiger charge is 2.21. The minimum atomic E-state index is -0.279. The molecule has 96 valence electrons. The zero-order valence-corrected chi connectivity index (χ0v) is 12.2. The van der Waals surface area contributed by atoms with Crippen molar-refractivity contribution < 1.29 is 4.39 Å². The minimum absolute atomic E-state index is 0.0748. The van der Waals surface area contributed by atoms with E-state index in [1.165, 1.54) is 25.2 Å². The first-order valence-corrected chi connectivity index (χ1v) is 8.30. The monoisotopic (exact) mass is 255 g/mol. The van der Waals surface area contributed by atoms with E-state index in [0.717, 1.165) is 11.0 Å². The Balaban J connectivity index is 0.000000686. The van der Waals surface area contributed by atoms with Crippen LogP contribution in [0, 0.1) is 5.82 Å². The van der Waals surface area contributed by atoms with Crippen LogP contribution in [0.5, 0.6) is 0 Å². The van der Waals surface area contributed by atoms with Gasteiger partial charge in [-0.25, -0.2) is 4.39 Å². The molecule has 0 aliphatic carbocycles. The number of hydrogen-bond donors (Lipinski definition) is 0. The standard InChI is InChI=1S/C12H17FNP.C2H6/c1-9(2)10-7-11(13)12(14-8-10)15-5-3-4-6-15;1-2/h7-9H,3-6H2,1-2H3;1-2H3. The van der Waals surface area contributed by atoms with Gasteiger partial charge in [-0.15, -0.1) is 0 Å². The number of halogens is 1. The maximum Gasteiger partial charge on any atom is 0.149 e. The predicted octanol–water partition coefficient (Wildman–Crippen LogP) is 4.27. The van der Waals surface area contributed by atoms with Gasteiger partial charge in [-0.2, -0.15) is 0 Å². The molecule has 0 bridgehead atoms. The van der Waals surface area contributed by atoms with Crippen molar-refractivity contribution >= 4 is 13.4 Å². The van der Waals surface area contributed by atoms with E-state index in [4.69, 9.17) is 0 Å². The zero-order chi connectivity index (χ0) is 12.8. The zero-order valence-electron chi connectivity index (χ0n) is 11.3. The topological polar surface area (TPSA) is 12.9 Å². The Hall–Kier alpha value is -0.490. The molecule has 1 aromatic rings. The van der Waals surface area contributed by atoms with Crippen molar-refractivity contribution in [3.63, 3.8) is 0 Å². The summed E-state index contributed by atoms with van der Waals surface area (Å²) in [5, 5.41) is 0. The van der Waals surface area contributed by atoms with Gasteiger partial charge in [0.05, 0.1) is 5.44 Å². The van der Waals surface area contributed by atoms with E-state index >= 15 is 0 Å². The minimum Gasteiger partial charge on any atom is -0.253 e. The molecule has 0 amide bonds. The molecule has 0 N–H and O–H groups in total. The summed E-state index contributed by atoms with van der Waals surface area (Å²) in [6.45, 7) is 8.13. The second-order valence-electron chi connectivity index (χ2n) is 4.42. The molecular formula is C14H23FNP. The molecule has 0 radical (unpaired) electrons. The van der Waals surface area contributed by atoms with Crippen LogP contribution in [-0.4, -0.2) is 17.3 Å². The van der Waals surface area contributed by atoms with Gasteiger partial charge in [-0.05, 0) is 42.7 Å². The molecule has 1 saturated heterocycles. The molecule has 2 heterocycles. The van der Waals surface area contributed by atoms with Gasteiger partial charge in [0, 0.05) is 6.20 Å². The molecule has 0 saturated carbocycles. The Kier molecular flexibility index (Phi) is 6.05. The summed E-state index contributed by atoms with van der Waals surface area (Å²) in [6.07, 6.45) is 6.68. The van der Waals surface area contributed by atoms with E-state index in [1.54, 1.807) is 6.07 Å². The van der Waals surface area contributed by atoms with Crippen LogP contribution < -0.4 is 5.44 Å². The van der Waals surface area contributed by atoms with Gasteiger partial charge >= 0.3 is 0 Å². The normalized spacial score (nSPS) is 15.9. The number of pyridine rings is 1. The smallest absolute Gasteiger partial charge is 0.149 e. The molecule has 0 spiro atoms. The molecule has 0 aromatic carbocycles. The highest BCUT2D eigenvalue weighted by molar-refractivity contribution is 7.65. The Bertz CT molecular complexity index is 346. The molecule has 2 rings (SSSR count). The van der Waals surface area contributed by atoms with Crippen molar-refractivity contribution in [3.05, 3.63) is 23.6 Å². The van der Waals surface area contributed by atoms with Crippen molar-refractivity contribution in [2.24, 2.45) is 0 Å². The lowest BCUT2D eigenvalue weighted by Crippen LogP contribution is -2.13. The average molecular weight is 255 g/mol. The first-order valence-electron chi connectivity index (χ1n) is 6.59. The molecule has 1 aromatic heterocycles. The lowest BCUT2D eigenvalue weighted by Gasteiger charge is -2.12. The summed E-state index contributed by atoms with van der Waals surface area (Å²) in [5.41, 5.74) is 1.76. The molecule has 1 aliphatic heterocycles. The van der Waals surface area contributed by atoms with Crippen molar-refractivity contribution in [1.82, 2.24) is 4.98 Å². The van der Waals surface area contributed by atoms with Crippen LogP contribution in [0.2, 0.25) is 0 Å². The van der Waals surface area contributed by atoms with E-state index in [-0.39, 0.29) is 13.7 Å². The summed E-state index contributed by atoms with van der Waals surface area (Å²) >= 11 is 0. The third kappa shape index (κ3) is 3.74. The molecule has 1 nitrogen and oxygen atoms in total. The Morgan fingerprint density at radius 1 is 1.24 bits per heavy atom. The summed E-state index contributed by atoms with van der Waals surface area (Å²) < 4.78 is 13.8. The van der Waals surface area contributed by atoms with Crippen LogP contribution in [0.1, 0.15) is 52.0 Å². The van der Waals surface area contributed by atoms with Gasteiger partial charge in [0.25, 0.3) is 0 Å². The van der Waals surface area contributed by atoms with Crippen molar-refractivity contribution in [2.75, 3.05) is 12.3 Å². The van der Waals surface area contributed by atoms with Gasteiger partial charge in [0.15, 0.2) is 0 Å². The third-order valence-corrected chi connectivity index (χ3v) is 5.56. The maximum absolute atomic E-state index is 13.8. The third-order valence-electron chi connectivity index (χ3n) is 2.92. The number of hydrogen-bond acceptors (Lipinski definition) is 1. The Labute approximate surface area is 106 Å². The van der Waals surface area contributed by atoms with Crippen LogP contribution >= 0.6 is 7.92 Å². The fourth-order valence-corrected chi connectivity index (χ4v) is 4.37. The molecular weight excluding hydrogens is 232 g/mol. The number of rotatable bonds is 2. The van der Waals surface area contributed by atoms with E-state index in [0.29, 0.717) is 5.92 Å². The Morgan fingerprint density at radius 3 is 2.29 bits per heavy atom. The average Bonchev–Trinajstić information content (AvgIpc) is 2.85. The van der Waals surface area contributed by atoms with Gasteiger partial charge in [-0.1, -0.05) is 35.6 Å². The first kappa shape index (κ1) is 14.6. The molecule has 1 fully saturated rings. The van der Waals surface area contributed by atoms with Crippen molar-refractivity contribution in [2.45, 2.75) is 46.5 Å². The largest absolute Gasteiger partial charge is 0.253 e. The predicted molar refractivity (Wildman–Crippen MR) is 75.2 cm³/mol. The van der Waals surface area contributed by atoms with Crippen molar-refractivity contribution in [3.8, 4) is 0 Å². The van der Waals surface area contributed by atoms with Crippen LogP contribution in [0.25, 0.3) is 0 Å². The fraction of sp³-hybridized carbons (Fsp3) is 0.643. The molecule has 3 heteroatoms. The molecule has 1 aliphatic rings. The fourth-order valence-electron chi connectivity index (χ4n) is 1.92. The SMILES string of the molecule is CC.CC(C)c1cnc(P2CCCC2)c(F)c1. The van der Waals surface area contributed by atoms with Crippen molar-refractivity contribution in [1.29, 1.82) is 0 Å². The molecule has 0 atom stereocenters. The highest BCUT2D eigenvalue weighted by atomic mass is 31.1. The van der Waals surface area contributed by atoms with Gasteiger partial charge in [-0.3, -0.25) is 4.98 Å². The van der Waals surface area contributed by atoms with Gasteiger partial charge in [0.2, 0.25) is 0 Å². The summed E-state index contributed by atoms with van der Waals surface area (Å²) in [4.78, 5) is 4.34. The van der Waals surface area contributed by atoms with Crippen LogP contribution in [0.15, 0.2) is 12.3 Å². The van der Waals surface area contributed by atoms with E-state index in [1.807, 2.05) is 20.0 Å². The lowest BCUT2D eigenvalue weighted by atomic mass is 10.1. The summed E-state index contributed by atoms with van der Waals surface area (Å²) in [6, 6.07) is 1.67. The molecule has 17 heavy (non-hydrogen) atoms. The van der Waals surface area contributed by atoms with Crippen LogP contribution in [-0.2, 0) is 0 Å². The summed E-state index contributed by atoms with van der Waals surface area (Å²) in [5.74, 6) is 0.284. The lowest BCUT2D eigenvalue weighted by molar-refractivity contribution is 0.626. The van der Waals surface area contributed by atoms with Crippen LogP contribution in [0.4, 0.5) is 4.39 Å². The molecule has 0 unspecified atom stereocenters. The van der Waals surface area contributed by atoms with E-state index in [9.17, 15) is 4.39 Å². The first-order chi connectivity index (χ1) is 8.18. The van der Waals surface area contributed by atoms with Gasteiger partial charge < -0.3 is 0 Å². The Morgan fingerprint density at radius 2 is 1.82 bits per heavy atom. The van der Waals surface area contributed by atoms with E-state index < -0.39 is 0 Å². The van der Waals surface area contributed by atoms with Crippen LogP contribution in [0.3, 0.4) is 0 Å². The van der Waals surface area contributed by atoms with Gasteiger partial charge in [0.1, 0.15) is 5.82 Å². The van der Waals surface area contributed by atoms with E-state index in [2.05, 4.69) is 18.8 Å². The summed E-state index contributed by atoms with van der Waals surface area (Å²) in [7, 11) is -0.279. The highest BCUT2D eigenvalue weighted by Crippen LogP contribution is 2.42. The maximum atomic E-state index is 13.8. The second kappa shape index (κ2) is 7.06. The number of aromatic nitrogens is 1. The quantitative estimate of drug-likeness (QED) is 0.719. The second-order valence-corrected chi connectivity index (χ2v) is 6.82.